The molecule has 20 heavy (non-hydrogen) atoms. The van der Waals surface area contributed by atoms with Gasteiger partial charge in [-0.2, -0.15) is 0 Å². The molecule has 4 atom stereocenters. The van der Waals surface area contributed by atoms with E-state index in [1.165, 1.54) is 49.9 Å². The molecule has 108 valence electrons. The van der Waals surface area contributed by atoms with Gasteiger partial charge in [0.25, 0.3) is 0 Å². The van der Waals surface area contributed by atoms with Gasteiger partial charge in [-0.25, -0.2) is 4.58 Å². The fraction of sp³-hybridized carbons (Fsp3) is 0.722. The summed E-state index contributed by atoms with van der Waals surface area (Å²) in [7, 11) is 0. The minimum atomic E-state index is 0.805. The zero-order valence-corrected chi connectivity index (χ0v) is 12.9. The molecule has 2 nitrogen and oxygen atoms in total. The van der Waals surface area contributed by atoms with Crippen LogP contribution in [0.5, 0.6) is 0 Å². The fourth-order valence-corrected chi connectivity index (χ4v) is 5.05. The lowest BCUT2D eigenvalue weighted by Crippen LogP contribution is -2.42. The van der Waals surface area contributed by atoms with Crippen LogP contribution in [0, 0.1) is 24.7 Å². The molecule has 0 radical (unpaired) electrons. The quantitative estimate of drug-likeness (QED) is 0.723. The van der Waals surface area contributed by atoms with Crippen LogP contribution in [-0.4, -0.2) is 21.4 Å². The molecule has 2 fully saturated rings. The van der Waals surface area contributed by atoms with Gasteiger partial charge in [0.15, 0.2) is 12.3 Å². The summed E-state index contributed by atoms with van der Waals surface area (Å²) in [5, 5.41) is 0. The van der Waals surface area contributed by atoms with Crippen molar-refractivity contribution in [2.45, 2.75) is 65.1 Å². The van der Waals surface area contributed by atoms with Crippen molar-refractivity contribution in [2.75, 3.05) is 0 Å². The van der Waals surface area contributed by atoms with E-state index < -0.39 is 0 Å². The van der Waals surface area contributed by atoms with Crippen LogP contribution in [0.1, 0.15) is 56.8 Å². The second-order valence-corrected chi connectivity index (χ2v) is 7.36. The summed E-state index contributed by atoms with van der Waals surface area (Å²) in [5.41, 5.74) is 2.81. The van der Waals surface area contributed by atoms with Crippen LogP contribution in [0.2, 0.25) is 0 Å². The molecule has 1 aliphatic heterocycles. The Morgan fingerprint density at radius 2 is 2.10 bits per heavy atom. The van der Waals surface area contributed by atoms with Crippen LogP contribution in [0.15, 0.2) is 12.1 Å². The maximum absolute atomic E-state index is 2.65. The molecule has 2 saturated carbocycles. The van der Waals surface area contributed by atoms with Crippen molar-refractivity contribution in [3.05, 3.63) is 23.5 Å². The molecule has 1 aromatic rings. The molecule has 0 amide bonds. The van der Waals surface area contributed by atoms with Gasteiger partial charge in [0.1, 0.15) is 5.69 Å². The Hall–Kier alpha value is -1.05. The Morgan fingerprint density at radius 1 is 1.20 bits per heavy atom. The molecule has 0 N–H and O–H groups in total. The molecule has 0 spiro atoms. The number of aromatic nitrogens is 1. The third-order valence-corrected chi connectivity index (χ3v) is 6.19. The monoisotopic (exact) mass is 271 g/mol. The van der Waals surface area contributed by atoms with Gasteiger partial charge in [0, 0.05) is 18.0 Å². The van der Waals surface area contributed by atoms with Gasteiger partial charge in [0.2, 0.25) is 6.67 Å². The van der Waals surface area contributed by atoms with E-state index in [2.05, 4.69) is 41.3 Å². The van der Waals surface area contributed by atoms with Crippen LogP contribution < -0.4 is 0 Å². The Kier molecular flexibility index (Phi) is 3.01. The van der Waals surface area contributed by atoms with Gasteiger partial charge in [-0.05, 0) is 56.6 Å². The van der Waals surface area contributed by atoms with E-state index in [9.17, 15) is 0 Å². The minimum Gasteiger partial charge on any atom is -0.284 e. The van der Waals surface area contributed by atoms with Crippen molar-refractivity contribution in [3.8, 4) is 0 Å². The first-order chi connectivity index (χ1) is 9.74. The van der Waals surface area contributed by atoms with Gasteiger partial charge >= 0.3 is 0 Å². The normalized spacial score (nSPS) is 35.8. The number of nitrogens with zero attached hydrogens (tertiary/aromatic N) is 2. The minimum absolute atomic E-state index is 0.805. The molecule has 2 aliphatic carbocycles. The molecule has 1 aromatic heterocycles. The highest BCUT2D eigenvalue weighted by atomic mass is 15.2. The first-order valence-corrected chi connectivity index (χ1v) is 8.51. The van der Waals surface area contributed by atoms with Crippen LogP contribution in [0.3, 0.4) is 0 Å². The first kappa shape index (κ1) is 12.7. The lowest BCUT2D eigenvalue weighted by molar-refractivity contribution is -0.598. The molecule has 4 rings (SSSR count). The second kappa shape index (κ2) is 4.75. The topological polar surface area (TPSA) is 7.94 Å². The first-order valence-electron chi connectivity index (χ1n) is 8.51. The van der Waals surface area contributed by atoms with Crippen LogP contribution in [-0.2, 0) is 6.67 Å². The average Bonchev–Trinajstić information content (AvgIpc) is 3.01. The Balaban J connectivity index is 1.55. The Labute approximate surface area is 122 Å². The predicted octanol–water partition coefficient (Wildman–Crippen LogP) is 3.80. The van der Waals surface area contributed by atoms with Gasteiger partial charge in [0.05, 0.1) is 0 Å². The summed E-state index contributed by atoms with van der Waals surface area (Å²) < 4.78 is 5.12. The number of fused-ring (bicyclic) bond motifs is 3. The fourth-order valence-electron chi connectivity index (χ4n) is 5.05. The maximum Gasteiger partial charge on any atom is 0.223 e. The molecule has 3 aliphatic rings. The zero-order chi connectivity index (χ0) is 13.7. The summed E-state index contributed by atoms with van der Waals surface area (Å²) in [6.07, 6.45) is 11.2. The van der Waals surface area contributed by atoms with Gasteiger partial charge in [-0.15, -0.1) is 0 Å². The van der Waals surface area contributed by atoms with Gasteiger partial charge < -0.3 is 0 Å². The van der Waals surface area contributed by atoms with Crippen molar-refractivity contribution in [1.82, 2.24) is 4.57 Å². The second-order valence-electron chi connectivity index (χ2n) is 7.36. The van der Waals surface area contributed by atoms with Gasteiger partial charge in [-0.1, -0.05) is 13.3 Å². The lowest BCUT2D eigenvalue weighted by Gasteiger charge is -2.41. The van der Waals surface area contributed by atoms with Crippen LogP contribution >= 0.6 is 0 Å². The summed E-state index contributed by atoms with van der Waals surface area (Å²) in [5.74, 6) is 3.00. The van der Waals surface area contributed by atoms with Crippen molar-refractivity contribution in [1.29, 1.82) is 0 Å². The standard InChI is InChI=1S/C18H27N2/c1-3-14-8-15-5-7-18(16(9-14)10-15)19-11-17-6-4-13(2)20(17)12-19/h4,6,11,14-16,18H,3,5,7-10,12H2,1-2H3/q+1. The highest BCUT2D eigenvalue weighted by Crippen LogP contribution is 2.44. The molecular formula is C18H27N2+. The zero-order valence-electron chi connectivity index (χ0n) is 12.9. The van der Waals surface area contributed by atoms with Crippen LogP contribution in [0.25, 0.3) is 0 Å². The molecule has 2 bridgehead atoms. The lowest BCUT2D eigenvalue weighted by atomic mass is 9.65. The maximum atomic E-state index is 2.65. The molecule has 0 aromatic carbocycles. The van der Waals surface area contributed by atoms with E-state index in [0.717, 1.165) is 30.5 Å². The number of rotatable bonds is 2. The Morgan fingerprint density at radius 3 is 2.90 bits per heavy atom. The van der Waals surface area contributed by atoms with E-state index >= 15 is 0 Å². The van der Waals surface area contributed by atoms with Gasteiger partial charge in [-0.3, -0.25) is 4.57 Å². The third-order valence-electron chi connectivity index (χ3n) is 6.19. The van der Waals surface area contributed by atoms with E-state index in [1.54, 1.807) is 0 Å². The number of hydrogen-bond acceptors (Lipinski definition) is 0. The largest absolute Gasteiger partial charge is 0.284 e. The SMILES string of the molecule is CCC1CC2CCC([N+]3=Cc4ccc(C)n4C3)C(C1)C2. The molecule has 2 heteroatoms. The summed E-state index contributed by atoms with van der Waals surface area (Å²) in [6, 6.07) is 5.32. The highest BCUT2D eigenvalue weighted by molar-refractivity contribution is 5.74. The summed E-state index contributed by atoms with van der Waals surface area (Å²) in [4.78, 5) is 0. The Bertz CT molecular complexity index is 540. The summed E-state index contributed by atoms with van der Waals surface area (Å²) >= 11 is 0. The highest BCUT2D eigenvalue weighted by Gasteiger charge is 2.43. The number of hydrogen-bond donors (Lipinski definition) is 0. The van der Waals surface area contributed by atoms with Crippen molar-refractivity contribution in [2.24, 2.45) is 17.8 Å². The van der Waals surface area contributed by atoms with Crippen molar-refractivity contribution >= 4 is 6.21 Å². The summed E-state index contributed by atoms with van der Waals surface area (Å²) in [6.45, 7) is 5.71. The van der Waals surface area contributed by atoms with E-state index in [1.807, 2.05) is 0 Å². The van der Waals surface area contributed by atoms with E-state index in [0.29, 0.717) is 0 Å². The van der Waals surface area contributed by atoms with Crippen molar-refractivity contribution < 1.29 is 4.58 Å². The third kappa shape index (κ3) is 1.96. The number of aryl methyl sites for hydroxylation is 1. The van der Waals surface area contributed by atoms with Crippen LogP contribution in [0.4, 0.5) is 0 Å². The smallest absolute Gasteiger partial charge is 0.223 e. The van der Waals surface area contributed by atoms with E-state index in [4.69, 9.17) is 0 Å². The molecular weight excluding hydrogens is 244 g/mol. The van der Waals surface area contributed by atoms with Crippen molar-refractivity contribution in [3.63, 3.8) is 0 Å². The average molecular weight is 271 g/mol. The predicted molar refractivity (Wildman–Crippen MR) is 82.2 cm³/mol. The van der Waals surface area contributed by atoms with E-state index in [-0.39, 0.29) is 0 Å². The molecule has 4 unspecified atom stereocenters. The molecule has 2 heterocycles. The molecule has 0 saturated heterocycles.